The first-order valence-electron chi connectivity index (χ1n) is 5.92. The molecular weight excluding hydrogens is 232 g/mol. The lowest BCUT2D eigenvalue weighted by molar-refractivity contribution is 0.312. The van der Waals surface area contributed by atoms with Gasteiger partial charge in [0.05, 0.1) is 12.2 Å². The lowest BCUT2D eigenvalue weighted by atomic mass is 10.3. The number of likely N-dealkylation sites (tertiary alicyclic amines) is 1. The van der Waals surface area contributed by atoms with Crippen molar-refractivity contribution in [3.8, 4) is 0 Å². The van der Waals surface area contributed by atoms with Crippen LogP contribution in [0.2, 0.25) is 0 Å². The number of nitrogens with zero attached hydrogens (tertiary/aromatic N) is 4. The van der Waals surface area contributed by atoms with Crippen molar-refractivity contribution in [2.75, 3.05) is 13.1 Å². The molecule has 2 aromatic rings. The normalized spacial score (nSPS) is 21.1. The third kappa shape index (κ3) is 2.40. The Morgan fingerprint density at radius 2 is 2.41 bits per heavy atom. The standard InChI is InChI=1S/C12H16N4S/c1-10-4-13-16(6-10)12-2-3-15(8-12)7-11-5-14-17-9-11/h4-6,9,12H,2-3,7-8H2,1H3. The highest BCUT2D eigenvalue weighted by atomic mass is 32.1. The van der Waals surface area contributed by atoms with Gasteiger partial charge in [0, 0.05) is 37.4 Å². The molecule has 0 N–H and O–H groups in total. The van der Waals surface area contributed by atoms with Crippen LogP contribution >= 0.6 is 11.5 Å². The molecule has 1 unspecified atom stereocenters. The van der Waals surface area contributed by atoms with Crippen molar-refractivity contribution in [3.05, 3.63) is 35.1 Å². The van der Waals surface area contributed by atoms with Crippen LogP contribution in [-0.4, -0.2) is 32.1 Å². The Labute approximate surface area is 105 Å². The van der Waals surface area contributed by atoms with Gasteiger partial charge >= 0.3 is 0 Å². The summed E-state index contributed by atoms with van der Waals surface area (Å²) in [7, 11) is 0. The zero-order valence-corrected chi connectivity index (χ0v) is 10.7. The van der Waals surface area contributed by atoms with E-state index in [1.165, 1.54) is 29.1 Å². The SMILES string of the molecule is Cc1cnn(C2CCN(Cc3cnsc3)C2)c1. The van der Waals surface area contributed by atoms with Gasteiger partial charge in [-0.3, -0.25) is 9.58 Å². The first kappa shape index (κ1) is 10.9. The summed E-state index contributed by atoms with van der Waals surface area (Å²) in [6, 6.07) is 0.537. The molecule has 17 heavy (non-hydrogen) atoms. The van der Waals surface area contributed by atoms with Crippen LogP contribution in [0.25, 0.3) is 0 Å². The highest BCUT2D eigenvalue weighted by molar-refractivity contribution is 7.03. The minimum absolute atomic E-state index is 0.537. The highest BCUT2D eigenvalue weighted by Gasteiger charge is 2.24. The van der Waals surface area contributed by atoms with Gasteiger partial charge in [-0.05, 0) is 36.0 Å². The molecule has 0 amide bonds. The maximum Gasteiger partial charge on any atom is 0.0658 e. The van der Waals surface area contributed by atoms with Gasteiger partial charge < -0.3 is 0 Å². The van der Waals surface area contributed by atoms with E-state index in [1.807, 2.05) is 12.4 Å². The Morgan fingerprint density at radius 3 is 3.12 bits per heavy atom. The number of rotatable bonds is 3. The van der Waals surface area contributed by atoms with Crippen molar-refractivity contribution in [3.63, 3.8) is 0 Å². The van der Waals surface area contributed by atoms with Crippen molar-refractivity contribution >= 4 is 11.5 Å². The average Bonchev–Trinajstić information content (AvgIpc) is 2.99. The summed E-state index contributed by atoms with van der Waals surface area (Å²) in [5, 5.41) is 6.54. The Balaban J connectivity index is 1.62. The van der Waals surface area contributed by atoms with Crippen LogP contribution in [0.4, 0.5) is 0 Å². The minimum Gasteiger partial charge on any atom is -0.297 e. The van der Waals surface area contributed by atoms with E-state index in [2.05, 4.69) is 37.6 Å². The zero-order valence-electron chi connectivity index (χ0n) is 9.91. The quantitative estimate of drug-likeness (QED) is 0.834. The van der Waals surface area contributed by atoms with E-state index in [0.717, 1.165) is 19.6 Å². The fourth-order valence-electron chi connectivity index (χ4n) is 2.37. The Kier molecular flexibility index (Phi) is 2.94. The fourth-order valence-corrected chi connectivity index (χ4v) is 2.90. The van der Waals surface area contributed by atoms with Crippen LogP contribution in [0.1, 0.15) is 23.6 Å². The second-order valence-electron chi connectivity index (χ2n) is 4.71. The summed E-state index contributed by atoms with van der Waals surface area (Å²) in [6.07, 6.45) is 7.24. The van der Waals surface area contributed by atoms with E-state index < -0.39 is 0 Å². The molecule has 1 fully saturated rings. The molecule has 0 spiro atoms. The molecule has 1 aliphatic heterocycles. The van der Waals surface area contributed by atoms with Gasteiger partial charge in [0.1, 0.15) is 0 Å². The minimum atomic E-state index is 0.537. The monoisotopic (exact) mass is 248 g/mol. The van der Waals surface area contributed by atoms with Gasteiger partial charge in [-0.25, -0.2) is 4.37 Å². The smallest absolute Gasteiger partial charge is 0.0658 e. The number of aryl methyl sites for hydroxylation is 1. The van der Waals surface area contributed by atoms with E-state index in [0.29, 0.717) is 6.04 Å². The molecule has 1 atom stereocenters. The summed E-state index contributed by atoms with van der Waals surface area (Å²) in [6.45, 7) is 5.36. The highest BCUT2D eigenvalue weighted by Crippen LogP contribution is 2.22. The number of hydrogen-bond donors (Lipinski definition) is 0. The van der Waals surface area contributed by atoms with Gasteiger partial charge in [-0.1, -0.05) is 0 Å². The lowest BCUT2D eigenvalue weighted by Gasteiger charge is -2.15. The Hall–Kier alpha value is -1.20. The molecule has 1 saturated heterocycles. The molecule has 5 heteroatoms. The van der Waals surface area contributed by atoms with Gasteiger partial charge in [-0.2, -0.15) is 5.10 Å². The third-order valence-corrected chi connectivity index (χ3v) is 3.88. The molecule has 3 heterocycles. The van der Waals surface area contributed by atoms with Gasteiger partial charge in [0.25, 0.3) is 0 Å². The van der Waals surface area contributed by atoms with E-state index in [4.69, 9.17) is 0 Å². The van der Waals surface area contributed by atoms with E-state index in [1.54, 1.807) is 0 Å². The maximum absolute atomic E-state index is 4.41. The van der Waals surface area contributed by atoms with Crippen molar-refractivity contribution in [2.24, 2.45) is 0 Å². The van der Waals surface area contributed by atoms with Gasteiger partial charge in [0.2, 0.25) is 0 Å². The lowest BCUT2D eigenvalue weighted by Crippen LogP contribution is -2.21. The molecule has 90 valence electrons. The largest absolute Gasteiger partial charge is 0.297 e. The molecule has 0 aromatic carbocycles. The van der Waals surface area contributed by atoms with Crippen molar-refractivity contribution in [1.82, 2.24) is 19.1 Å². The molecule has 2 aromatic heterocycles. The van der Waals surface area contributed by atoms with Crippen LogP contribution < -0.4 is 0 Å². The average molecular weight is 248 g/mol. The maximum atomic E-state index is 4.41. The number of hydrogen-bond acceptors (Lipinski definition) is 4. The zero-order chi connectivity index (χ0) is 11.7. The van der Waals surface area contributed by atoms with Crippen LogP contribution in [0.3, 0.4) is 0 Å². The molecule has 0 aliphatic carbocycles. The molecule has 0 saturated carbocycles. The van der Waals surface area contributed by atoms with Crippen LogP contribution in [0.15, 0.2) is 24.0 Å². The topological polar surface area (TPSA) is 34.0 Å². The molecule has 3 rings (SSSR count). The van der Waals surface area contributed by atoms with Crippen LogP contribution in [0.5, 0.6) is 0 Å². The summed E-state index contributed by atoms with van der Waals surface area (Å²) >= 11 is 1.53. The predicted molar refractivity (Wildman–Crippen MR) is 68.0 cm³/mol. The van der Waals surface area contributed by atoms with Crippen molar-refractivity contribution in [2.45, 2.75) is 25.9 Å². The summed E-state index contributed by atoms with van der Waals surface area (Å²) < 4.78 is 6.25. The number of aromatic nitrogens is 3. The van der Waals surface area contributed by atoms with Crippen molar-refractivity contribution < 1.29 is 0 Å². The third-order valence-electron chi connectivity index (χ3n) is 3.24. The first-order valence-corrected chi connectivity index (χ1v) is 6.76. The second kappa shape index (κ2) is 4.58. The van der Waals surface area contributed by atoms with E-state index in [-0.39, 0.29) is 0 Å². The van der Waals surface area contributed by atoms with Gasteiger partial charge in [-0.15, -0.1) is 0 Å². The van der Waals surface area contributed by atoms with Crippen LogP contribution in [-0.2, 0) is 6.54 Å². The Morgan fingerprint density at radius 1 is 1.47 bits per heavy atom. The van der Waals surface area contributed by atoms with Crippen molar-refractivity contribution in [1.29, 1.82) is 0 Å². The Bertz CT molecular complexity index is 476. The molecule has 1 aliphatic rings. The molecular formula is C12H16N4S. The summed E-state index contributed by atoms with van der Waals surface area (Å²) in [5.41, 5.74) is 2.57. The van der Waals surface area contributed by atoms with E-state index in [9.17, 15) is 0 Å². The second-order valence-corrected chi connectivity index (χ2v) is 5.37. The predicted octanol–water partition coefficient (Wildman–Crippen LogP) is 2.10. The van der Waals surface area contributed by atoms with E-state index >= 15 is 0 Å². The molecule has 0 radical (unpaired) electrons. The first-order chi connectivity index (χ1) is 8.31. The molecule has 0 bridgehead atoms. The summed E-state index contributed by atoms with van der Waals surface area (Å²) in [5.74, 6) is 0. The van der Waals surface area contributed by atoms with Crippen LogP contribution in [0, 0.1) is 6.92 Å². The molecule has 4 nitrogen and oxygen atoms in total. The summed E-state index contributed by atoms with van der Waals surface area (Å²) in [4.78, 5) is 2.48. The van der Waals surface area contributed by atoms with Gasteiger partial charge in [0.15, 0.2) is 0 Å². The fraction of sp³-hybridized carbons (Fsp3) is 0.500.